The topological polar surface area (TPSA) is 89.0 Å². The lowest BCUT2D eigenvalue weighted by atomic mass is 10.1. The van der Waals surface area contributed by atoms with Crippen molar-refractivity contribution in [2.45, 2.75) is 46.1 Å². The number of para-hydroxylation sites is 1. The van der Waals surface area contributed by atoms with Crippen molar-refractivity contribution in [3.8, 4) is 5.69 Å². The number of hydrogen-bond donors (Lipinski definition) is 1. The average molecular weight is 427 g/mol. The number of amides is 1. The Morgan fingerprint density at radius 1 is 1.13 bits per heavy atom. The van der Waals surface area contributed by atoms with Crippen LogP contribution in [-0.4, -0.2) is 70.0 Å². The van der Waals surface area contributed by atoms with E-state index in [1.807, 2.05) is 67.6 Å². The second kappa shape index (κ2) is 9.85. The fourth-order valence-electron chi connectivity index (χ4n) is 3.46. The maximum atomic E-state index is 12.2. The van der Waals surface area contributed by atoms with Crippen LogP contribution in [0, 0.1) is 6.92 Å². The highest BCUT2D eigenvalue weighted by atomic mass is 16.6. The number of rotatable bonds is 5. The van der Waals surface area contributed by atoms with E-state index >= 15 is 0 Å². The number of nitrogens with zero attached hydrogens (tertiary/aromatic N) is 5. The number of carbonyl (C=O) groups excluding carboxylic acids is 1. The Bertz CT molecular complexity index is 893. The standard InChI is InChI=1S/C23H34N6O2/c1-18-19(17-29(26-18)20-10-6-5-7-11-20)9-8-12-25-21(24)27-13-15-28(16-14-27)22(30)31-23(2,3)4/h5-7,10-11,17H,8-9,12-16H2,1-4H3,(H2,24,25). The Morgan fingerprint density at radius 2 is 1.77 bits per heavy atom. The van der Waals surface area contributed by atoms with Gasteiger partial charge in [0.2, 0.25) is 0 Å². The molecular weight excluding hydrogens is 392 g/mol. The third-order valence-corrected chi connectivity index (χ3v) is 5.15. The molecule has 168 valence electrons. The zero-order chi connectivity index (χ0) is 22.4. The van der Waals surface area contributed by atoms with Gasteiger partial charge in [0.15, 0.2) is 5.96 Å². The third kappa shape index (κ3) is 6.47. The van der Waals surface area contributed by atoms with E-state index in [1.165, 1.54) is 5.56 Å². The van der Waals surface area contributed by atoms with Crippen LogP contribution in [0.1, 0.15) is 38.4 Å². The summed E-state index contributed by atoms with van der Waals surface area (Å²) in [6.07, 6.45) is 3.63. The molecule has 0 spiro atoms. The van der Waals surface area contributed by atoms with Gasteiger partial charge in [-0.25, -0.2) is 9.48 Å². The molecule has 1 saturated heterocycles. The molecule has 0 atom stereocenters. The summed E-state index contributed by atoms with van der Waals surface area (Å²) < 4.78 is 7.36. The lowest BCUT2D eigenvalue weighted by molar-refractivity contribution is 0.0186. The number of carbonyl (C=O) groups is 1. The van der Waals surface area contributed by atoms with Crippen molar-refractivity contribution >= 4 is 12.1 Å². The quantitative estimate of drug-likeness (QED) is 0.451. The molecule has 0 unspecified atom stereocenters. The highest BCUT2D eigenvalue weighted by Crippen LogP contribution is 2.14. The van der Waals surface area contributed by atoms with Crippen LogP contribution >= 0.6 is 0 Å². The first-order valence-electron chi connectivity index (χ1n) is 10.9. The van der Waals surface area contributed by atoms with Gasteiger partial charge in [0.25, 0.3) is 0 Å². The van der Waals surface area contributed by atoms with Gasteiger partial charge >= 0.3 is 6.09 Å². The molecule has 1 fully saturated rings. The van der Waals surface area contributed by atoms with Crippen molar-refractivity contribution in [2.75, 3.05) is 32.7 Å². The summed E-state index contributed by atoms with van der Waals surface area (Å²) in [4.78, 5) is 20.5. The zero-order valence-electron chi connectivity index (χ0n) is 19.0. The van der Waals surface area contributed by atoms with E-state index in [-0.39, 0.29) is 6.09 Å². The van der Waals surface area contributed by atoms with Gasteiger partial charge in [0.1, 0.15) is 5.60 Å². The average Bonchev–Trinajstić information content (AvgIpc) is 3.11. The lowest BCUT2D eigenvalue weighted by Crippen LogP contribution is -2.53. The molecule has 1 amide bonds. The minimum absolute atomic E-state index is 0.269. The smallest absolute Gasteiger partial charge is 0.410 e. The first-order chi connectivity index (χ1) is 14.7. The van der Waals surface area contributed by atoms with Crippen LogP contribution in [0.2, 0.25) is 0 Å². The van der Waals surface area contributed by atoms with Crippen LogP contribution in [0.5, 0.6) is 0 Å². The number of aromatic nitrogens is 2. The number of nitrogens with two attached hydrogens (primary N) is 1. The number of aryl methyl sites for hydroxylation is 2. The molecule has 3 rings (SSSR count). The van der Waals surface area contributed by atoms with Crippen LogP contribution in [0.25, 0.3) is 5.69 Å². The van der Waals surface area contributed by atoms with E-state index in [0.29, 0.717) is 38.7 Å². The van der Waals surface area contributed by atoms with E-state index in [4.69, 9.17) is 10.5 Å². The van der Waals surface area contributed by atoms with Crippen LogP contribution in [-0.2, 0) is 11.2 Å². The Balaban J connectivity index is 1.44. The van der Waals surface area contributed by atoms with Gasteiger partial charge in [-0.15, -0.1) is 0 Å². The molecule has 0 radical (unpaired) electrons. The molecule has 1 aliphatic heterocycles. The van der Waals surface area contributed by atoms with Gasteiger partial charge in [-0.3, -0.25) is 4.99 Å². The molecule has 0 bridgehead atoms. The highest BCUT2D eigenvalue weighted by molar-refractivity contribution is 5.78. The maximum Gasteiger partial charge on any atom is 0.410 e. The van der Waals surface area contributed by atoms with Gasteiger partial charge in [-0.1, -0.05) is 18.2 Å². The molecule has 1 aliphatic rings. The van der Waals surface area contributed by atoms with E-state index < -0.39 is 5.60 Å². The van der Waals surface area contributed by atoms with Crippen molar-refractivity contribution in [1.82, 2.24) is 19.6 Å². The predicted molar refractivity (Wildman–Crippen MR) is 122 cm³/mol. The van der Waals surface area contributed by atoms with Gasteiger partial charge in [0, 0.05) is 38.9 Å². The minimum atomic E-state index is -0.481. The molecule has 1 aromatic heterocycles. The molecule has 8 heteroatoms. The van der Waals surface area contributed by atoms with Gasteiger partial charge < -0.3 is 20.3 Å². The number of benzene rings is 1. The van der Waals surface area contributed by atoms with E-state index in [2.05, 4.69) is 16.3 Å². The van der Waals surface area contributed by atoms with Crippen molar-refractivity contribution in [1.29, 1.82) is 0 Å². The van der Waals surface area contributed by atoms with E-state index in [9.17, 15) is 4.79 Å². The molecule has 0 aliphatic carbocycles. The monoisotopic (exact) mass is 426 g/mol. The maximum absolute atomic E-state index is 12.2. The van der Waals surface area contributed by atoms with E-state index in [0.717, 1.165) is 24.2 Å². The summed E-state index contributed by atoms with van der Waals surface area (Å²) in [5.74, 6) is 0.542. The first-order valence-corrected chi connectivity index (χ1v) is 10.9. The fourth-order valence-corrected chi connectivity index (χ4v) is 3.46. The molecule has 1 aromatic carbocycles. The second-order valence-electron chi connectivity index (χ2n) is 8.82. The summed E-state index contributed by atoms with van der Waals surface area (Å²) in [5, 5.41) is 4.62. The van der Waals surface area contributed by atoms with Crippen molar-refractivity contribution in [3.05, 3.63) is 47.8 Å². The number of piperazine rings is 1. The van der Waals surface area contributed by atoms with Crippen LogP contribution in [0.4, 0.5) is 4.79 Å². The molecular formula is C23H34N6O2. The molecule has 2 aromatic rings. The summed E-state index contributed by atoms with van der Waals surface area (Å²) in [6.45, 7) is 10.8. The van der Waals surface area contributed by atoms with Crippen molar-refractivity contribution in [2.24, 2.45) is 10.7 Å². The fraction of sp³-hybridized carbons (Fsp3) is 0.522. The Morgan fingerprint density at radius 3 is 2.42 bits per heavy atom. The summed E-state index contributed by atoms with van der Waals surface area (Å²) in [5.41, 5.74) is 9.03. The third-order valence-electron chi connectivity index (χ3n) is 5.15. The number of hydrogen-bond acceptors (Lipinski definition) is 4. The Hall–Kier alpha value is -3.03. The van der Waals surface area contributed by atoms with Gasteiger partial charge in [-0.05, 0) is 58.2 Å². The minimum Gasteiger partial charge on any atom is -0.444 e. The van der Waals surface area contributed by atoms with Crippen LogP contribution in [0.15, 0.2) is 41.5 Å². The number of ether oxygens (including phenoxy) is 1. The Kier molecular flexibility index (Phi) is 7.20. The van der Waals surface area contributed by atoms with E-state index in [1.54, 1.807) is 4.90 Å². The second-order valence-corrected chi connectivity index (χ2v) is 8.82. The van der Waals surface area contributed by atoms with Crippen molar-refractivity contribution < 1.29 is 9.53 Å². The van der Waals surface area contributed by atoms with Crippen LogP contribution < -0.4 is 5.73 Å². The summed E-state index contributed by atoms with van der Waals surface area (Å²) in [7, 11) is 0. The molecule has 31 heavy (non-hydrogen) atoms. The van der Waals surface area contributed by atoms with Gasteiger partial charge in [-0.2, -0.15) is 5.10 Å². The summed E-state index contributed by atoms with van der Waals surface area (Å²) >= 11 is 0. The van der Waals surface area contributed by atoms with Gasteiger partial charge in [0.05, 0.1) is 11.4 Å². The number of guanidine groups is 1. The zero-order valence-corrected chi connectivity index (χ0v) is 19.0. The molecule has 2 heterocycles. The first kappa shape index (κ1) is 22.7. The number of aliphatic imine (C=N–C) groups is 1. The Labute approximate surface area is 184 Å². The lowest BCUT2D eigenvalue weighted by Gasteiger charge is -2.36. The molecule has 2 N–H and O–H groups in total. The highest BCUT2D eigenvalue weighted by Gasteiger charge is 2.26. The molecule has 8 nitrogen and oxygen atoms in total. The summed E-state index contributed by atoms with van der Waals surface area (Å²) in [6, 6.07) is 10.1. The SMILES string of the molecule is Cc1nn(-c2ccccc2)cc1CCCN=C(N)N1CCN(C(=O)OC(C)(C)C)CC1. The van der Waals surface area contributed by atoms with Crippen molar-refractivity contribution in [3.63, 3.8) is 0 Å². The van der Waals surface area contributed by atoms with Crippen LogP contribution in [0.3, 0.4) is 0 Å². The molecule has 0 saturated carbocycles. The predicted octanol–water partition coefficient (Wildman–Crippen LogP) is 2.98. The largest absolute Gasteiger partial charge is 0.444 e. The normalized spacial score (nSPS) is 15.3.